The summed E-state index contributed by atoms with van der Waals surface area (Å²) in [5.74, 6) is -1.14. The van der Waals surface area contributed by atoms with Crippen molar-refractivity contribution in [1.82, 2.24) is 10.2 Å². The van der Waals surface area contributed by atoms with Crippen LogP contribution in [0.15, 0.2) is 41.6 Å². The maximum Gasteiger partial charge on any atom is 0.336 e. The Balaban J connectivity index is 1.91. The van der Waals surface area contributed by atoms with E-state index in [0.29, 0.717) is 11.3 Å². The molecule has 1 unspecified atom stereocenters. The van der Waals surface area contributed by atoms with E-state index in [9.17, 15) is 14.4 Å². The molecule has 1 aromatic rings. The zero-order valence-electron chi connectivity index (χ0n) is 15.2. The number of nitrogens with zero attached hydrogens (tertiary/aromatic N) is 1. The highest BCUT2D eigenvalue weighted by molar-refractivity contribution is 5.97. The van der Waals surface area contributed by atoms with Crippen molar-refractivity contribution in [3.8, 4) is 0 Å². The molecule has 6 heteroatoms. The lowest BCUT2D eigenvalue weighted by Crippen LogP contribution is -2.44. The van der Waals surface area contributed by atoms with Gasteiger partial charge in [-0.1, -0.05) is 30.3 Å². The molecule has 1 aromatic carbocycles. The van der Waals surface area contributed by atoms with Crippen LogP contribution in [0.1, 0.15) is 44.6 Å². The molecule has 1 heterocycles. The first kappa shape index (κ1) is 18.2. The average molecular weight is 356 g/mol. The second kappa shape index (κ2) is 7.72. The summed E-state index contributed by atoms with van der Waals surface area (Å²) in [7, 11) is 0. The number of hydrogen-bond donors (Lipinski definition) is 1. The third kappa shape index (κ3) is 3.95. The number of rotatable bonds is 6. The zero-order chi connectivity index (χ0) is 18.7. The Labute approximate surface area is 153 Å². The molecule has 0 saturated heterocycles. The number of ether oxygens (including phenoxy) is 1. The summed E-state index contributed by atoms with van der Waals surface area (Å²) in [5, 5.41) is 2.88. The number of hydrogen-bond acceptors (Lipinski definition) is 4. The lowest BCUT2D eigenvalue weighted by Gasteiger charge is -2.34. The number of carbonyl (C=O) groups is 3. The smallest absolute Gasteiger partial charge is 0.336 e. The van der Waals surface area contributed by atoms with Gasteiger partial charge in [0.1, 0.15) is 6.54 Å². The Morgan fingerprint density at radius 3 is 2.54 bits per heavy atom. The molecule has 138 valence electrons. The molecule has 6 nitrogen and oxygen atoms in total. The van der Waals surface area contributed by atoms with Gasteiger partial charge in [-0.15, -0.1) is 0 Å². The summed E-state index contributed by atoms with van der Waals surface area (Å²) in [6.45, 7) is 3.66. The van der Waals surface area contributed by atoms with Crippen LogP contribution in [0, 0.1) is 0 Å². The minimum Gasteiger partial charge on any atom is -0.463 e. The van der Waals surface area contributed by atoms with E-state index in [1.807, 2.05) is 30.3 Å². The van der Waals surface area contributed by atoms with Crippen molar-refractivity contribution >= 4 is 17.8 Å². The lowest BCUT2D eigenvalue weighted by atomic mass is 9.83. The molecule has 1 aliphatic carbocycles. The van der Waals surface area contributed by atoms with Crippen LogP contribution in [-0.4, -0.2) is 41.9 Å². The molecule has 0 aromatic heterocycles. The van der Waals surface area contributed by atoms with Gasteiger partial charge in [-0.3, -0.25) is 9.59 Å². The Hall–Kier alpha value is -2.63. The summed E-state index contributed by atoms with van der Waals surface area (Å²) in [4.78, 5) is 38.9. The fraction of sp³-hybridized carbons (Fsp3) is 0.450. The van der Waals surface area contributed by atoms with Gasteiger partial charge in [0.15, 0.2) is 0 Å². The normalized spacial score (nSPS) is 20.2. The Morgan fingerprint density at radius 1 is 1.23 bits per heavy atom. The van der Waals surface area contributed by atoms with Gasteiger partial charge >= 0.3 is 5.97 Å². The number of esters is 1. The van der Waals surface area contributed by atoms with Crippen LogP contribution in [0.4, 0.5) is 0 Å². The Bertz CT molecular complexity index is 737. The van der Waals surface area contributed by atoms with Crippen LogP contribution in [0.3, 0.4) is 0 Å². The maximum atomic E-state index is 12.7. The van der Waals surface area contributed by atoms with E-state index in [4.69, 9.17) is 4.74 Å². The number of amides is 2. The fourth-order valence-corrected chi connectivity index (χ4v) is 3.29. The predicted octanol–water partition coefficient (Wildman–Crippen LogP) is 2.12. The molecule has 2 amide bonds. The first-order chi connectivity index (χ1) is 12.5. The van der Waals surface area contributed by atoms with Gasteiger partial charge in [0, 0.05) is 24.1 Å². The van der Waals surface area contributed by atoms with Crippen LogP contribution >= 0.6 is 0 Å². The number of nitrogens with one attached hydrogen (secondary N) is 1. The van der Waals surface area contributed by atoms with Crippen molar-refractivity contribution < 1.29 is 19.1 Å². The SMILES string of the molecule is CCOC(=O)C1=C(C)N(CC(=O)NC2CC2)C(=O)CC1c1ccccc1. The van der Waals surface area contributed by atoms with E-state index in [2.05, 4.69) is 5.32 Å². The topological polar surface area (TPSA) is 75.7 Å². The zero-order valence-corrected chi connectivity index (χ0v) is 15.2. The fourth-order valence-electron chi connectivity index (χ4n) is 3.29. The first-order valence-corrected chi connectivity index (χ1v) is 9.03. The summed E-state index contributed by atoms with van der Waals surface area (Å²) < 4.78 is 5.23. The summed E-state index contributed by atoms with van der Waals surface area (Å²) in [5.41, 5.74) is 1.85. The summed E-state index contributed by atoms with van der Waals surface area (Å²) in [6, 6.07) is 9.69. The molecule has 1 saturated carbocycles. The van der Waals surface area contributed by atoms with Gasteiger partial charge in [-0.05, 0) is 32.3 Å². The highest BCUT2D eigenvalue weighted by Crippen LogP contribution is 2.36. The highest BCUT2D eigenvalue weighted by atomic mass is 16.5. The van der Waals surface area contributed by atoms with E-state index < -0.39 is 5.97 Å². The standard InChI is InChI=1S/C20H24N2O4/c1-3-26-20(25)19-13(2)22(12-17(23)21-15-9-10-15)18(24)11-16(19)14-7-5-4-6-8-14/h4-8,15-16H,3,9-12H2,1-2H3,(H,21,23). The maximum absolute atomic E-state index is 12.7. The highest BCUT2D eigenvalue weighted by Gasteiger charge is 2.37. The summed E-state index contributed by atoms with van der Waals surface area (Å²) in [6.07, 6.45) is 2.11. The first-order valence-electron chi connectivity index (χ1n) is 9.03. The van der Waals surface area contributed by atoms with E-state index in [1.54, 1.807) is 13.8 Å². The second-order valence-corrected chi connectivity index (χ2v) is 6.71. The largest absolute Gasteiger partial charge is 0.463 e. The molecule has 0 spiro atoms. The monoisotopic (exact) mass is 356 g/mol. The molecule has 26 heavy (non-hydrogen) atoms. The predicted molar refractivity (Wildman–Crippen MR) is 96.0 cm³/mol. The van der Waals surface area contributed by atoms with E-state index >= 15 is 0 Å². The second-order valence-electron chi connectivity index (χ2n) is 6.71. The van der Waals surface area contributed by atoms with Crippen molar-refractivity contribution in [3.05, 3.63) is 47.2 Å². The molecule has 2 aliphatic rings. The molecule has 0 radical (unpaired) electrons. The Kier molecular flexibility index (Phi) is 5.40. The number of benzene rings is 1. The molecule has 1 fully saturated rings. The number of carbonyl (C=O) groups excluding carboxylic acids is 3. The molecule has 3 rings (SSSR count). The molecular formula is C20H24N2O4. The average Bonchev–Trinajstić information content (AvgIpc) is 3.43. The van der Waals surface area contributed by atoms with Gasteiger partial charge in [0.2, 0.25) is 11.8 Å². The van der Waals surface area contributed by atoms with Crippen molar-refractivity contribution in [2.75, 3.05) is 13.2 Å². The van der Waals surface area contributed by atoms with Crippen molar-refractivity contribution in [1.29, 1.82) is 0 Å². The van der Waals surface area contributed by atoms with Gasteiger partial charge < -0.3 is 15.0 Å². The third-order valence-electron chi connectivity index (χ3n) is 4.76. The minimum atomic E-state index is -0.432. The van der Waals surface area contributed by atoms with Crippen LogP contribution in [0.25, 0.3) is 0 Å². The van der Waals surface area contributed by atoms with E-state index in [0.717, 1.165) is 18.4 Å². The van der Waals surface area contributed by atoms with Crippen LogP contribution in [-0.2, 0) is 19.1 Å². The Morgan fingerprint density at radius 2 is 1.92 bits per heavy atom. The third-order valence-corrected chi connectivity index (χ3v) is 4.76. The van der Waals surface area contributed by atoms with E-state index in [1.165, 1.54) is 4.90 Å². The minimum absolute atomic E-state index is 0.0639. The quantitative estimate of drug-likeness (QED) is 0.792. The van der Waals surface area contributed by atoms with Crippen LogP contribution < -0.4 is 5.32 Å². The van der Waals surface area contributed by atoms with Crippen molar-refractivity contribution in [2.45, 2.75) is 45.1 Å². The van der Waals surface area contributed by atoms with Crippen molar-refractivity contribution in [2.24, 2.45) is 0 Å². The molecular weight excluding hydrogens is 332 g/mol. The van der Waals surface area contributed by atoms with Gasteiger partial charge in [0.05, 0.1) is 12.2 Å². The van der Waals surface area contributed by atoms with Gasteiger partial charge in [-0.2, -0.15) is 0 Å². The molecule has 1 N–H and O–H groups in total. The van der Waals surface area contributed by atoms with E-state index in [-0.39, 0.29) is 43.3 Å². The van der Waals surface area contributed by atoms with Crippen molar-refractivity contribution in [3.63, 3.8) is 0 Å². The molecule has 1 atom stereocenters. The number of allylic oxidation sites excluding steroid dienone is 1. The van der Waals surface area contributed by atoms with Crippen LogP contribution in [0.2, 0.25) is 0 Å². The van der Waals surface area contributed by atoms with Crippen LogP contribution in [0.5, 0.6) is 0 Å². The van der Waals surface area contributed by atoms with Gasteiger partial charge in [-0.25, -0.2) is 4.79 Å². The lowest BCUT2D eigenvalue weighted by molar-refractivity contribution is -0.141. The van der Waals surface area contributed by atoms with Gasteiger partial charge in [0.25, 0.3) is 0 Å². The molecule has 0 bridgehead atoms. The molecule has 1 aliphatic heterocycles. The summed E-state index contributed by atoms with van der Waals surface area (Å²) >= 11 is 0.